The van der Waals surface area contributed by atoms with Crippen LogP contribution in [0.25, 0.3) is 16.8 Å². The molecule has 0 bridgehead atoms. The van der Waals surface area contributed by atoms with Gasteiger partial charge in [-0.1, -0.05) is 127 Å². The fourth-order valence-corrected chi connectivity index (χ4v) is 9.05. The Kier molecular flexibility index (Phi) is 6.08. The molecule has 0 saturated heterocycles. The van der Waals surface area contributed by atoms with Gasteiger partial charge in [0.2, 0.25) is 0 Å². The van der Waals surface area contributed by atoms with Crippen LogP contribution in [0.5, 0.6) is 0 Å². The molecule has 0 atom stereocenters. The maximum atomic E-state index is 6.89. The van der Waals surface area contributed by atoms with Gasteiger partial charge < -0.3 is 4.74 Å². The van der Waals surface area contributed by atoms with Gasteiger partial charge in [-0.05, 0) is 24.3 Å². The van der Waals surface area contributed by atoms with Crippen molar-refractivity contribution in [3.8, 4) is 0 Å². The van der Waals surface area contributed by atoms with Crippen LogP contribution in [-0.4, -0.2) is 0 Å². The minimum Gasteiger partial charge on any atom is -0.448 e. The Morgan fingerprint density at radius 2 is 0.778 bits per heavy atom. The number of hydrogen-bond acceptors (Lipinski definition) is 1. The average Bonchev–Trinajstić information content (AvgIpc) is 2.98. The van der Waals surface area contributed by atoms with Gasteiger partial charge >= 0.3 is 0 Å². The minimum atomic E-state index is -2.28. The average molecular weight is 482 g/mol. The Bertz CT molecular complexity index is 1470. The zero-order valence-corrected chi connectivity index (χ0v) is 20.8. The fourth-order valence-electron chi connectivity index (χ4n) is 4.92. The van der Waals surface area contributed by atoms with Crippen LogP contribution in [0, 0.1) is 0 Å². The Labute approximate surface area is 213 Å². The molecule has 6 rings (SSSR count). The number of benzene rings is 5. The standard InChI is InChI=1S/C34H26OP/c1-6-16-27(17-7-1)32-26-36(30-22-12-4-13-23-30,31-24-14-5-15-25-31)34(29-20-10-3-11-21-29)33(35-32)28-18-8-2-9-19-28/h1-26H/q+1. The first-order valence-electron chi connectivity index (χ1n) is 12.2. The quantitative estimate of drug-likeness (QED) is 0.230. The monoisotopic (exact) mass is 481 g/mol. The maximum absolute atomic E-state index is 6.89. The molecule has 2 heteroatoms. The van der Waals surface area contributed by atoms with Crippen molar-refractivity contribution in [2.75, 3.05) is 0 Å². The maximum Gasteiger partial charge on any atom is 0.178 e. The summed E-state index contributed by atoms with van der Waals surface area (Å²) in [6.45, 7) is 0. The lowest BCUT2D eigenvalue weighted by atomic mass is 10.1. The first kappa shape index (κ1) is 22.3. The van der Waals surface area contributed by atoms with E-state index in [0.29, 0.717) is 0 Å². The Balaban J connectivity index is 1.77. The largest absolute Gasteiger partial charge is 0.448 e. The van der Waals surface area contributed by atoms with Crippen LogP contribution in [0.15, 0.2) is 157 Å². The van der Waals surface area contributed by atoms with Crippen molar-refractivity contribution in [1.82, 2.24) is 0 Å². The van der Waals surface area contributed by atoms with Crippen molar-refractivity contribution in [1.29, 1.82) is 0 Å². The van der Waals surface area contributed by atoms with E-state index >= 15 is 0 Å². The van der Waals surface area contributed by atoms with Crippen LogP contribution >= 0.6 is 7.26 Å². The molecule has 0 fully saturated rings. The van der Waals surface area contributed by atoms with E-state index < -0.39 is 7.26 Å². The van der Waals surface area contributed by atoms with Crippen molar-refractivity contribution >= 4 is 34.7 Å². The number of hydrogen-bond donors (Lipinski definition) is 0. The second kappa shape index (κ2) is 9.82. The summed E-state index contributed by atoms with van der Waals surface area (Å²) >= 11 is 0. The van der Waals surface area contributed by atoms with Crippen molar-refractivity contribution in [2.45, 2.75) is 0 Å². The third-order valence-electron chi connectivity index (χ3n) is 6.56. The highest BCUT2D eigenvalue weighted by atomic mass is 31.2. The lowest BCUT2D eigenvalue weighted by Gasteiger charge is -2.33. The third kappa shape index (κ3) is 3.98. The molecule has 0 aromatic heterocycles. The van der Waals surface area contributed by atoms with E-state index in [1.54, 1.807) is 0 Å². The lowest BCUT2D eigenvalue weighted by molar-refractivity contribution is 0.473. The predicted octanol–water partition coefficient (Wildman–Crippen LogP) is 8.21. The van der Waals surface area contributed by atoms with Gasteiger partial charge in [-0.25, -0.2) is 0 Å². The summed E-state index contributed by atoms with van der Waals surface area (Å²) < 4.78 is 6.89. The van der Waals surface area contributed by atoms with E-state index in [-0.39, 0.29) is 0 Å². The van der Waals surface area contributed by atoms with Crippen LogP contribution in [0.2, 0.25) is 0 Å². The van der Waals surface area contributed by atoms with Crippen molar-refractivity contribution in [3.63, 3.8) is 0 Å². The summed E-state index contributed by atoms with van der Waals surface area (Å²) in [7, 11) is -2.28. The smallest absolute Gasteiger partial charge is 0.178 e. The third-order valence-corrected chi connectivity index (χ3v) is 10.6. The molecule has 172 valence electrons. The first-order chi connectivity index (χ1) is 17.9. The van der Waals surface area contributed by atoms with Gasteiger partial charge in [-0.2, -0.15) is 0 Å². The van der Waals surface area contributed by atoms with Crippen LogP contribution < -0.4 is 10.6 Å². The van der Waals surface area contributed by atoms with Gasteiger partial charge in [0.05, 0.1) is 0 Å². The molecule has 36 heavy (non-hydrogen) atoms. The van der Waals surface area contributed by atoms with Crippen molar-refractivity contribution < 1.29 is 4.74 Å². The Morgan fingerprint density at radius 3 is 1.25 bits per heavy atom. The molecular formula is C34H26OP+. The van der Waals surface area contributed by atoms with E-state index in [1.165, 1.54) is 21.5 Å². The molecule has 0 aliphatic carbocycles. The van der Waals surface area contributed by atoms with Crippen LogP contribution in [0.3, 0.4) is 0 Å². The SMILES string of the molecule is C1=C(c2ccccc2)OC(c2ccccc2)=C(c2ccccc2)[P+]1(c1ccccc1)c1ccccc1. The van der Waals surface area contributed by atoms with Crippen LogP contribution in [0.4, 0.5) is 0 Å². The molecule has 5 aromatic rings. The highest BCUT2D eigenvalue weighted by molar-refractivity contribution is 8.00. The molecule has 0 amide bonds. The Morgan fingerprint density at radius 1 is 0.389 bits per heavy atom. The zero-order chi connectivity index (χ0) is 24.2. The van der Waals surface area contributed by atoms with Crippen molar-refractivity contribution in [2.24, 2.45) is 0 Å². The molecular weight excluding hydrogens is 455 g/mol. The van der Waals surface area contributed by atoms with Gasteiger partial charge in [0.15, 0.2) is 16.8 Å². The van der Waals surface area contributed by atoms with Gasteiger partial charge in [0, 0.05) is 16.7 Å². The number of ether oxygens (including phenoxy) is 1. The van der Waals surface area contributed by atoms with Gasteiger partial charge in [0.1, 0.15) is 23.7 Å². The van der Waals surface area contributed by atoms with E-state index in [4.69, 9.17) is 4.74 Å². The van der Waals surface area contributed by atoms with Crippen molar-refractivity contribution in [3.05, 3.63) is 174 Å². The zero-order valence-electron chi connectivity index (χ0n) is 19.9. The minimum absolute atomic E-state index is 0.898. The summed E-state index contributed by atoms with van der Waals surface area (Å²) in [5.74, 6) is 4.24. The molecule has 0 N–H and O–H groups in total. The highest BCUT2D eigenvalue weighted by Gasteiger charge is 2.52. The molecule has 5 aromatic carbocycles. The molecule has 1 nitrogen and oxygen atoms in total. The normalized spacial score (nSPS) is 14.6. The molecule has 1 aliphatic rings. The summed E-state index contributed by atoms with van der Waals surface area (Å²) in [5, 5.41) is 3.85. The van der Waals surface area contributed by atoms with E-state index in [2.05, 4.69) is 151 Å². The van der Waals surface area contributed by atoms with Crippen LogP contribution in [-0.2, 0) is 4.74 Å². The van der Waals surface area contributed by atoms with E-state index in [9.17, 15) is 0 Å². The summed E-state index contributed by atoms with van der Waals surface area (Å²) in [6, 6.07) is 53.6. The van der Waals surface area contributed by atoms with E-state index in [1.807, 2.05) is 6.07 Å². The molecule has 0 radical (unpaired) electrons. The van der Waals surface area contributed by atoms with E-state index in [0.717, 1.165) is 22.6 Å². The fraction of sp³-hybridized carbons (Fsp3) is 0. The lowest BCUT2D eigenvalue weighted by Crippen LogP contribution is -2.25. The summed E-state index contributed by atoms with van der Waals surface area (Å²) in [6.07, 6.45) is 0. The molecule has 0 spiro atoms. The summed E-state index contributed by atoms with van der Waals surface area (Å²) in [5.41, 5.74) is 3.34. The van der Waals surface area contributed by atoms with Gasteiger partial charge in [0.25, 0.3) is 0 Å². The van der Waals surface area contributed by atoms with Gasteiger partial charge in [-0.15, -0.1) is 0 Å². The topological polar surface area (TPSA) is 9.23 Å². The predicted molar refractivity (Wildman–Crippen MR) is 154 cm³/mol. The highest BCUT2D eigenvalue weighted by Crippen LogP contribution is 2.73. The molecule has 1 aliphatic heterocycles. The molecule has 1 heterocycles. The molecule has 0 saturated carbocycles. The Hall–Kier alpha value is -4.19. The first-order valence-corrected chi connectivity index (χ1v) is 14.0. The molecule has 0 unspecified atom stereocenters. The summed E-state index contributed by atoms with van der Waals surface area (Å²) in [4.78, 5) is 0. The number of rotatable bonds is 5. The second-order valence-corrected chi connectivity index (χ2v) is 11.9. The van der Waals surface area contributed by atoms with Crippen LogP contribution in [0.1, 0.15) is 16.7 Å². The second-order valence-electron chi connectivity index (χ2n) is 8.77. The van der Waals surface area contributed by atoms with Gasteiger partial charge in [-0.3, -0.25) is 0 Å².